The van der Waals surface area contributed by atoms with E-state index in [1.165, 1.54) is 22.4 Å². The van der Waals surface area contributed by atoms with E-state index in [0.717, 1.165) is 0 Å². The van der Waals surface area contributed by atoms with Crippen LogP contribution < -0.4 is 5.32 Å². The van der Waals surface area contributed by atoms with Gasteiger partial charge >= 0.3 is 0 Å². The number of hydrogen-bond donors (Lipinski definition) is 1. The van der Waals surface area contributed by atoms with Gasteiger partial charge in [-0.05, 0) is 22.8 Å². The molecule has 0 radical (unpaired) electrons. The van der Waals surface area contributed by atoms with Gasteiger partial charge in [0, 0.05) is 23.7 Å². The van der Waals surface area contributed by atoms with Gasteiger partial charge in [0.25, 0.3) is 0 Å². The van der Waals surface area contributed by atoms with E-state index >= 15 is 0 Å². The molecule has 4 rings (SSSR count). The van der Waals surface area contributed by atoms with Crippen LogP contribution in [0, 0.1) is 11.8 Å². The lowest BCUT2D eigenvalue weighted by Gasteiger charge is -2.35. The van der Waals surface area contributed by atoms with Crippen molar-refractivity contribution < 1.29 is 0 Å². The third-order valence-electron chi connectivity index (χ3n) is 3.65. The predicted molar refractivity (Wildman–Crippen MR) is 60.7 cm³/mol. The highest BCUT2D eigenvalue weighted by molar-refractivity contribution is 5.57. The minimum Gasteiger partial charge on any atom is -0.364 e. The summed E-state index contributed by atoms with van der Waals surface area (Å²) < 4.78 is 0. The Kier molecular flexibility index (Phi) is 1.22. The Morgan fingerprint density at radius 3 is 2.67 bits per heavy atom. The SMILES string of the molecule is C1=CC2=CC=C3NC=C4C=CC(=C1)C2C43. The number of allylic oxidation sites excluding steroid dienone is 10. The summed E-state index contributed by atoms with van der Waals surface area (Å²) in [6, 6.07) is 0. The lowest BCUT2D eigenvalue weighted by molar-refractivity contribution is 0.560. The van der Waals surface area contributed by atoms with Crippen LogP contribution in [0.1, 0.15) is 0 Å². The Balaban J connectivity index is 2.01. The van der Waals surface area contributed by atoms with Crippen molar-refractivity contribution in [3.8, 4) is 0 Å². The molecule has 2 unspecified atom stereocenters. The van der Waals surface area contributed by atoms with Crippen LogP contribution in [-0.4, -0.2) is 0 Å². The van der Waals surface area contributed by atoms with E-state index in [2.05, 4.69) is 54.0 Å². The summed E-state index contributed by atoms with van der Waals surface area (Å²) in [7, 11) is 0. The maximum atomic E-state index is 3.37. The summed E-state index contributed by atoms with van der Waals surface area (Å²) in [6.45, 7) is 0. The van der Waals surface area contributed by atoms with Crippen molar-refractivity contribution >= 4 is 0 Å². The summed E-state index contributed by atoms with van der Waals surface area (Å²) in [5.41, 5.74) is 5.66. The smallest absolute Gasteiger partial charge is 0.0364 e. The molecule has 15 heavy (non-hydrogen) atoms. The van der Waals surface area contributed by atoms with Crippen molar-refractivity contribution in [2.75, 3.05) is 0 Å². The molecule has 1 nitrogen and oxygen atoms in total. The van der Waals surface area contributed by atoms with Crippen LogP contribution in [0.2, 0.25) is 0 Å². The summed E-state index contributed by atoms with van der Waals surface area (Å²) in [6.07, 6.45) is 17.7. The molecule has 0 aromatic carbocycles. The number of hydrogen-bond acceptors (Lipinski definition) is 1. The molecule has 1 heteroatoms. The van der Waals surface area contributed by atoms with Gasteiger partial charge in [-0.15, -0.1) is 0 Å². The van der Waals surface area contributed by atoms with Gasteiger partial charge in [0.15, 0.2) is 0 Å². The van der Waals surface area contributed by atoms with E-state index in [1.807, 2.05) is 0 Å². The molecule has 0 fully saturated rings. The van der Waals surface area contributed by atoms with Gasteiger partial charge < -0.3 is 5.32 Å². The Bertz CT molecular complexity index is 524. The normalized spacial score (nSPS) is 33.6. The van der Waals surface area contributed by atoms with Gasteiger partial charge in [-0.2, -0.15) is 0 Å². The van der Waals surface area contributed by atoms with E-state index < -0.39 is 0 Å². The molecule has 0 spiro atoms. The molecule has 1 heterocycles. The molecule has 0 saturated carbocycles. The summed E-state index contributed by atoms with van der Waals surface area (Å²) >= 11 is 0. The molecule has 3 aliphatic carbocycles. The molecule has 1 aliphatic heterocycles. The zero-order valence-electron chi connectivity index (χ0n) is 8.27. The van der Waals surface area contributed by atoms with Gasteiger partial charge in [-0.1, -0.05) is 36.5 Å². The molecular weight excluding hydrogens is 182 g/mol. The Labute approximate surface area is 88.9 Å². The first-order valence-corrected chi connectivity index (χ1v) is 5.38. The summed E-state index contributed by atoms with van der Waals surface area (Å²) in [5, 5.41) is 3.37. The predicted octanol–water partition coefficient (Wildman–Crippen LogP) is 2.60. The molecule has 2 atom stereocenters. The van der Waals surface area contributed by atoms with Crippen LogP contribution in [0.3, 0.4) is 0 Å². The maximum Gasteiger partial charge on any atom is 0.0364 e. The van der Waals surface area contributed by atoms with E-state index in [9.17, 15) is 0 Å². The molecular formula is C14H11N. The second kappa shape index (κ2) is 2.43. The molecule has 0 bridgehead atoms. The topological polar surface area (TPSA) is 12.0 Å². The molecule has 4 aliphatic rings. The monoisotopic (exact) mass is 193 g/mol. The fourth-order valence-corrected chi connectivity index (χ4v) is 2.95. The van der Waals surface area contributed by atoms with Gasteiger partial charge in [0.05, 0.1) is 0 Å². The first-order chi connectivity index (χ1) is 7.43. The van der Waals surface area contributed by atoms with E-state index in [0.29, 0.717) is 11.8 Å². The summed E-state index contributed by atoms with van der Waals surface area (Å²) in [5.74, 6) is 1.10. The fraction of sp³-hybridized carbons (Fsp3) is 0.143. The van der Waals surface area contributed by atoms with Crippen molar-refractivity contribution in [2.45, 2.75) is 0 Å². The molecule has 0 aromatic heterocycles. The zero-order valence-corrected chi connectivity index (χ0v) is 8.27. The van der Waals surface area contributed by atoms with Crippen molar-refractivity contribution in [1.29, 1.82) is 0 Å². The quantitative estimate of drug-likeness (QED) is 0.623. The maximum absolute atomic E-state index is 3.37. The third kappa shape index (κ3) is 0.834. The highest BCUT2D eigenvalue weighted by Gasteiger charge is 2.38. The minimum absolute atomic E-state index is 0.547. The highest BCUT2D eigenvalue weighted by Crippen LogP contribution is 2.47. The van der Waals surface area contributed by atoms with Crippen LogP contribution in [0.15, 0.2) is 71.1 Å². The second-order valence-corrected chi connectivity index (χ2v) is 4.39. The zero-order chi connectivity index (χ0) is 9.83. The van der Waals surface area contributed by atoms with Crippen molar-refractivity contribution in [3.05, 3.63) is 71.1 Å². The van der Waals surface area contributed by atoms with Crippen LogP contribution in [0.5, 0.6) is 0 Å². The van der Waals surface area contributed by atoms with Crippen molar-refractivity contribution in [2.24, 2.45) is 11.8 Å². The first-order valence-electron chi connectivity index (χ1n) is 5.38. The van der Waals surface area contributed by atoms with Gasteiger partial charge in [0.1, 0.15) is 0 Å². The molecule has 72 valence electrons. The van der Waals surface area contributed by atoms with Crippen LogP contribution in [0.4, 0.5) is 0 Å². The van der Waals surface area contributed by atoms with Gasteiger partial charge in [-0.25, -0.2) is 0 Å². The lowest BCUT2D eigenvalue weighted by atomic mass is 9.69. The van der Waals surface area contributed by atoms with Crippen LogP contribution in [-0.2, 0) is 0 Å². The largest absolute Gasteiger partial charge is 0.364 e. The minimum atomic E-state index is 0.547. The number of nitrogens with one attached hydrogen (secondary N) is 1. The second-order valence-electron chi connectivity index (χ2n) is 4.39. The van der Waals surface area contributed by atoms with E-state index in [4.69, 9.17) is 0 Å². The van der Waals surface area contributed by atoms with E-state index in [1.54, 1.807) is 0 Å². The van der Waals surface area contributed by atoms with Crippen LogP contribution >= 0.6 is 0 Å². The van der Waals surface area contributed by atoms with E-state index in [-0.39, 0.29) is 0 Å². The summed E-state index contributed by atoms with van der Waals surface area (Å²) in [4.78, 5) is 0. The Morgan fingerprint density at radius 2 is 1.67 bits per heavy atom. The standard InChI is InChI=1S/C14H11N/c1-2-9-4-5-11-8-15-12-7-6-10(3-1)13(9)14(11)12/h1-8,13-15H. The van der Waals surface area contributed by atoms with Crippen LogP contribution in [0.25, 0.3) is 0 Å². The fourth-order valence-electron chi connectivity index (χ4n) is 2.95. The van der Waals surface area contributed by atoms with Crippen molar-refractivity contribution in [1.82, 2.24) is 5.32 Å². The lowest BCUT2D eigenvalue weighted by Crippen LogP contribution is -2.27. The molecule has 0 aromatic rings. The van der Waals surface area contributed by atoms with Crippen molar-refractivity contribution in [3.63, 3.8) is 0 Å². The average molecular weight is 193 g/mol. The van der Waals surface area contributed by atoms with Gasteiger partial charge in [0.2, 0.25) is 0 Å². The molecule has 0 amide bonds. The highest BCUT2D eigenvalue weighted by atomic mass is 14.9. The Hall–Kier alpha value is -1.76. The molecule has 0 saturated heterocycles. The Morgan fingerprint density at radius 1 is 0.800 bits per heavy atom. The average Bonchev–Trinajstić information content (AvgIpc) is 2.71. The first kappa shape index (κ1) is 7.52. The van der Waals surface area contributed by atoms with Gasteiger partial charge in [-0.3, -0.25) is 0 Å². The molecule has 1 N–H and O–H groups in total. The number of rotatable bonds is 0. The third-order valence-corrected chi connectivity index (χ3v) is 3.65.